The SMILES string of the molecule is O=C1CCc2ccccc2N1CC1CCCCN1. The number of fused-ring (bicyclic) bond motifs is 1. The van der Waals surface area contributed by atoms with Crippen LogP contribution in [0, 0.1) is 0 Å². The Morgan fingerprint density at radius 3 is 2.94 bits per heavy atom. The van der Waals surface area contributed by atoms with Gasteiger partial charge < -0.3 is 10.2 Å². The summed E-state index contributed by atoms with van der Waals surface area (Å²) in [4.78, 5) is 14.1. The highest BCUT2D eigenvalue weighted by atomic mass is 16.2. The maximum absolute atomic E-state index is 12.1. The molecule has 0 radical (unpaired) electrons. The fourth-order valence-electron chi connectivity index (χ4n) is 3.00. The number of hydrogen-bond acceptors (Lipinski definition) is 2. The molecule has 0 aromatic heterocycles. The van der Waals surface area contributed by atoms with Gasteiger partial charge in [-0.3, -0.25) is 4.79 Å². The minimum absolute atomic E-state index is 0.279. The minimum Gasteiger partial charge on any atom is -0.312 e. The van der Waals surface area contributed by atoms with Gasteiger partial charge in [0.1, 0.15) is 0 Å². The van der Waals surface area contributed by atoms with Crippen LogP contribution in [0.1, 0.15) is 31.2 Å². The van der Waals surface area contributed by atoms with Crippen LogP contribution in [0.5, 0.6) is 0 Å². The molecule has 1 saturated heterocycles. The van der Waals surface area contributed by atoms with E-state index < -0.39 is 0 Å². The number of nitrogens with one attached hydrogen (secondary N) is 1. The molecule has 1 aromatic rings. The van der Waals surface area contributed by atoms with Gasteiger partial charge in [0.15, 0.2) is 0 Å². The van der Waals surface area contributed by atoms with Gasteiger partial charge in [-0.2, -0.15) is 0 Å². The van der Waals surface area contributed by atoms with Crippen LogP contribution in [0.15, 0.2) is 24.3 Å². The van der Waals surface area contributed by atoms with Gasteiger partial charge in [-0.25, -0.2) is 0 Å². The van der Waals surface area contributed by atoms with E-state index in [2.05, 4.69) is 23.5 Å². The Balaban J connectivity index is 1.79. The Hall–Kier alpha value is -1.35. The van der Waals surface area contributed by atoms with Gasteiger partial charge in [-0.15, -0.1) is 0 Å². The number of para-hydroxylation sites is 1. The van der Waals surface area contributed by atoms with Crippen molar-refractivity contribution in [2.75, 3.05) is 18.0 Å². The second kappa shape index (κ2) is 5.11. The van der Waals surface area contributed by atoms with E-state index in [0.29, 0.717) is 12.5 Å². The largest absolute Gasteiger partial charge is 0.312 e. The molecule has 2 heterocycles. The van der Waals surface area contributed by atoms with E-state index in [0.717, 1.165) is 25.2 Å². The lowest BCUT2D eigenvalue weighted by Gasteiger charge is -2.34. The van der Waals surface area contributed by atoms with Crippen LogP contribution >= 0.6 is 0 Å². The number of nitrogens with zero attached hydrogens (tertiary/aromatic N) is 1. The quantitative estimate of drug-likeness (QED) is 0.864. The van der Waals surface area contributed by atoms with E-state index in [1.54, 1.807) is 0 Å². The summed E-state index contributed by atoms with van der Waals surface area (Å²) in [5.41, 5.74) is 2.44. The summed E-state index contributed by atoms with van der Waals surface area (Å²) in [6.45, 7) is 1.92. The van der Waals surface area contributed by atoms with E-state index in [1.165, 1.54) is 24.8 Å². The van der Waals surface area contributed by atoms with Gasteiger partial charge in [0.2, 0.25) is 5.91 Å². The fraction of sp³-hybridized carbons (Fsp3) is 0.533. The molecule has 18 heavy (non-hydrogen) atoms. The molecule has 3 rings (SSSR count). The predicted octanol–water partition coefficient (Wildman–Crippen LogP) is 2.11. The summed E-state index contributed by atoms with van der Waals surface area (Å²) in [5, 5.41) is 3.52. The Morgan fingerprint density at radius 2 is 2.11 bits per heavy atom. The number of amides is 1. The van der Waals surface area contributed by atoms with Crippen LogP contribution < -0.4 is 10.2 Å². The zero-order valence-corrected chi connectivity index (χ0v) is 10.7. The van der Waals surface area contributed by atoms with E-state index in [4.69, 9.17) is 0 Å². The molecule has 0 aliphatic carbocycles. The number of hydrogen-bond donors (Lipinski definition) is 1. The molecule has 0 bridgehead atoms. The van der Waals surface area contributed by atoms with Crippen molar-refractivity contribution in [3.05, 3.63) is 29.8 Å². The summed E-state index contributed by atoms with van der Waals surface area (Å²) in [7, 11) is 0. The molecule has 1 N–H and O–H groups in total. The molecule has 3 heteroatoms. The third kappa shape index (κ3) is 2.27. The van der Waals surface area contributed by atoms with Crippen molar-refractivity contribution in [3.8, 4) is 0 Å². The van der Waals surface area contributed by atoms with Gasteiger partial charge in [0.05, 0.1) is 0 Å². The first-order valence-electron chi connectivity index (χ1n) is 6.96. The number of benzene rings is 1. The molecule has 1 aromatic carbocycles. The Morgan fingerprint density at radius 1 is 1.22 bits per heavy atom. The second-order valence-corrected chi connectivity index (χ2v) is 5.28. The lowest BCUT2D eigenvalue weighted by molar-refractivity contribution is -0.119. The van der Waals surface area contributed by atoms with Gasteiger partial charge in [0.25, 0.3) is 0 Å². The lowest BCUT2D eigenvalue weighted by Crippen LogP contribution is -2.47. The first-order chi connectivity index (χ1) is 8.84. The molecule has 2 aliphatic rings. The number of aryl methyl sites for hydroxylation is 1. The number of carbonyl (C=O) groups excluding carboxylic acids is 1. The Bertz CT molecular complexity index is 438. The van der Waals surface area contributed by atoms with Crippen molar-refractivity contribution in [1.82, 2.24) is 5.32 Å². The highest BCUT2D eigenvalue weighted by Gasteiger charge is 2.26. The van der Waals surface area contributed by atoms with Crippen LogP contribution in [-0.2, 0) is 11.2 Å². The molecule has 96 valence electrons. The van der Waals surface area contributed by atoms with Gasteiger partial charge in [-0.1, -0.05) is 24.6 Å². The average Bonchev–Trinajstić information content (AvgIpc) is 2.43. The molecule has 1 atom stereocenters. The molecular formula is C15H20N2O. The Labute approximate surface area is 108 Å². The highest BCUT2D eigenvalue weighted by molar-refractivity contribution is 5.96. The maximum atomic E-state index is 12.1. The monoisotopic (exact) mass is 244 g/mol. The van der Waals surface area contributed by atoms with E-state index in [9.17, 15) is 4.79 Å². The van der Waals surface area contributed by atoms with Gasteiger partial charge >= 0.3 is 0 Å². The standard InChI is InChI=1S/C15H20N2O/c18-15-9-8-12-5-1-2-7-14(12)17(15)11-13-6-3-4-10-16-13/h1-2,5,7,13,16H,3-4,6,8-11H2. The van der Waals surface area contributed by atoms with Crippen molar-refractivity contribution in [3.63, 3.8) is 0 Å². The highest BCUT2D eigenvalue weighted by Crippen LogP contribution is 2.28. The number of piperidine rings is 1. The van der Waals surface area contributed by atoms with Crippen LogP contribution in [0.3, 0.4) is 0 Å². The van der Waals surface area contributed by atoms with Gasteiger partial charge in [0, 0.05) is 24.7 Å². The third-order valence-corrected chi connectivity index (χ3v) is 4.01. The van der Waals surface area contributed by atoms with Crippen LogP contribution in [-0.4, -0.2) is 25.0 Å². The molecule has 2 aliphatic heterocycles. The van der Waals surface area contributed by atoms with Crippen molar-refractivity contribution in [2.24, 2.45) is 0 Å². The molecular weight excluding hydrogens is 224 g/mol. The predicted molar refractivity (Wildman–Crippen MR) is 72.8 cm³/mol. The van der Waals surface area contributed by atoms with Crippen molar-refractivity contribution in [2.45, 2.75) is 38.1 Å². The first-order valence-corrected chi connectivity index (χ1v) is 6.96. The molecule has 3 nitrogen and oxygen atoms in total. The van der Waals surface area contributed by atoms with E-state index in [-0.39, 0.29) is 5.91 Å². The average molecular weight is 244 g/mol. The molecule has 1 amide bonds. The summed E-state index contributed by atoms with van der Waals surface area (Å²) in [6, 6.07) is 8.77. The summed E-state index contributed by atoms with van der Waals surface area (Å²) in [5.74, 6) is 0.279. The molecule has 1 unspecified atom stereocenters. The Kier molecular flexibility index (Phi) is 3.33. The molecule has 1 fully saturated rings. The number of anilines is 1. The number of carbonyl (C=O) groups is 1. The normalized spacial score (nSPS) is 23.9. The minimum atomic E-state index is 0.279. The summed E-state index contributed by atoms with van der Waals surface area (Å²) >= 11 is 0. The smallest absolute Gasteiger partial charge is 0.227 e. The van der Waals surface area contributed by atoms with Crippen LogP contribution in [0.25, 0.3) is 0 Å². The van der Waals surface area contributed by atoms with Crippen molar-refractivity contribution < 1.29 is 4.79 Å². The maximum Gasteiger partial charge on any atom is 0.227 e. The third-order valence-electron chi connectivity index (χ3n) is 4.01. The van der Waals surface area contributed by atoms with Crippen molar-refractivity contribution >= 4 is 11.6 Å². The fourth-order valence-corrected chi connectivity index (χ4v) is 3.00. The van der Waals surface area contributed by atoms with E-state index >= 15 is 0 Å². The zero-order chi connectivity index (χ0) is 12.4. The van der Waals surface area contributed by atoms with Gasteiger partial charge in [-0.05, 0) is 37.4 Å². The van der Waals surface area contributed by atoms with E-state index in [1.807, 2.05) is 11.0 Å². The first kappa shape index (κ1) is 11.7. The molecule has 0 spiro atoms. The topological polar surface area (TPSA) is 32.3 Å². The lowest BCUT2D eigenvalue weighted by atomic mass is 9.99. The second-order valence-electron chi connectivity index (χ2n) is 5.28. The number of rotatable bonds is 2. The summed E-state index contributed by atoms with van der Waals surface area (Å²) in [6.07, 6.45) is 5.28. The molecule has 0 saturated carbocycles. The van der Waals surface area contributed by atoms with Crippen LogP contribution in [0.4, 0.5) is 5.69 Å². The van der Waals surface area contributed by atoms with Crippen molar-refractivity contribution in [1.29, 1.82) is 0 Å². The zero-order valence-electron chi connectivity index (χ0n) is 10.7. The summed E-state index contributed by atoms with van der Waals surface area (Å²) < 4.78 is 0. The van der Waals surface area contributed by atoms with Crippen LogP contribution in [0.2, 0.25) is 0 Å².